The van der Waals surface area contributed by atoms with Crippen LogP contribution in [0.5, 0.6) is 0 Å². The van der Waals surface area contributed by atoms with E-state index >= 15 is 0 Å². The first-order valence-corrected chi connectivity index (χ1v) is 6.34. The van der Waals surface area contributed by atoms with Gasteiger partial charge in [0, 0.05) is 25.2 Å². The number of hydrogen-bond donors (Lipinski definition) is 2. The second-order valence-corrected chi connectivity index (χ2v) is 4.36. The Morgan fingerprint density at radius 1 is 1.40 bits per heavy atom. The van der Waals surface area contributed by atoms with E-state index in [2.05, 4.69) is 6.58 Å². The zero-order valence-corrected chi connectivity index (χ0v) is 11.1. The minimum atomic E-state index is -0.794. The average molecular weight is 281 g/mol. The summed E-state index contributed by atoms with van der Waals surface area (Å²) in [6.45, 7) is 3.85. The number of non-ortho nitro benzene ring substituents is 1. The largest absolute Gasteiger partial charge is 0.396 e. The molecular formula is C14H19NO5. The van der Waals surface area contributed by atoms with Gasteiger partial charge in [-0.15, -0.1) is 6.58 Å². The molecule has 0 fully saturated rings. The van der Waals surface area contributed by atoms with Gasteiger partial charge in [-0.05, 0) is 24.1 Å². The van der Waals surface area contributed by atoms with Gasteiger partial charge in [-0.25, -0.2) is 0 Å². The Labute approximate surface area is 117 Å². The summed E-state index contributed by atoms with van der Waals surface area (Å²) in [5.41, 5.74) is 0.566. The van der Waals surface area contributed by atoms with Gasteiger partial charge in [0.1, 0.15) is 0 Å². The summed E-state index contributed by atoms with van der Waals surface area (Å²) in [7, 11) is 0. The van der Waals surface area contributed by atoms with Crippen LogP contribution in [0.3, 0.4) is 0 Å². The van der Waals surface area contributed by atoms with Gasteiger partial charge >= 0.3 is 0 Å². The van der Waals surface area contributed by atoms with E-state index in [9.17, 15) is 15.2 Å². The minimum absolute atomic E-state index is 0.0178. The lowest BCUT2D eigenvalue weighted by atomic mass is 10.0. The number of ether oxygens (including phenoxy) is 1. The first-order valence-electron chi connectivity index (χ1n) is 6.34. The summed E-state index contributed by atoms with van der Waals surface area (Å²) in [6.07, 6.45) is 1.24. The highest BCUT2D eigenvalue weighted by molar-refractivity contribution is 5.33. The van der Waals surface area contributed by atoms with Crippen LogP contribution in [0.1, 0.15) is 24.5 Å². The Morgan fingerprint density at radius 3 is 2.55 bits per heavy atom. The number of aliphatic hydroxyl groups excluding tert-OH is 2. The van der Waals surface area contributed by atoms with Crippen molar-refractivity contribution in [2.45, 2.75) is 25.0 Å². The van der Waals surface area contributed by atoms with Crippen LogP contribution < -0.4 is 0 Å². The fraction of sp³-hybridized carbons (Fsp3) is 0.429. The summed E-state index contributed by atoms with van der Waals surface area (Å²) in [5.74, 6) is 0. The van der Waals surface area contributed by atoms with Crippen molar-refractivity contribution in [1.29, 1.82) is 0 Å². The molecule has 0 aliphatic carbocycles. The molecule has 1 aromatic rings. The zero-order valence-electron chi connectivity index (χ0n) is 11.1. The number of aliphatic hydroxyl groups is 2. The van der Waals surface area contributed by atoms with Crippen LogP contribution in [0.4, 0.5) is 5.69 Å². The molecule has 2 unspecified atom stereocenters. The second-order valence-electron chi connectivity index (χ2n) is 4.36. The van der Waals surface area contributed by atoms with Crippen LogP contribution in [0, 0.1) is 10.1 Å². The summed E-state index contributed by atoms with van der Waals surface area (Å²) < 4.78 is 5.44. The molecule has 0 spiro atoms. The van der Waals surface area contributed by atoms with Crippen LogP contribution in [0.25, 0.3) is 0 Å². The first kappa shape index (κ1) is 16.3. The van der Waals surface area contributed by atoms with Crippen LogP contribution in [0.2, 0.25) is 0 Å². The fourth-order valence-electron chi connectivity index (χ4n) is 1.82. The van der Waals surface area contributed by atoms with Gasteiger partial charge in [0.25, 0.3) is 5.69 Å². The molecule has 0 aromatic heterocycles. The van der Waals surface area contributed by atoms with E-state index in [0.29, 0.717) is 25.0 Å². The highest BCUT2D eigenvalue weighted by Crippen LogP contribution is 2.23. The molecule has 0 saturated carbocycles. The molecule has 6 nitrogen and oxygen atoms in total. The molecule has 0 amide bonds. The number of nitro benzene ring substituents is 1. The molecule has 0 aliphatic rings. The van der Waals surface area contributed by atoms with Crippen LogP contribution >= 0.6 is 0 Å². The molecule has 0 heterocycles. The Hall–Kier alpha value is -1.76. The van der Waals surface area contributed by atoms with Crippen molar-refractivity contribution in [3.05, 3.63) is 52.6 Å². The normalized spacial score (nSPS) is 13.7. The molecule has 1 aromatic carbocycles. The van der Waals surface area contributed by atoms with Gasteiger partial charge < -0.3 is 14.9 Å². The van der Waals surface area contributed by atoms with E-state index in [0.717, 1.165) is 0 Å². The van der Waals surface area contributed by atoms with Crippen LogP contribution in [0.15, 0.2) is 36.9 Å². The zero-order chi connectivity index (χ0) is 15.0. The SMILES string of the molecule is C=CCOC(CCO)CC(O)c1ccc([N+](=O)[O-])cc1. The van der Waals surface area contributed by atoms with E-state index in [-0.39, 0.29) is 18.4 Å². The highest BCUT2D eigenvalue weighted by Gasteiger charge is 2.17. The van der Waals surface area contributed by atoms with Crippen molar-refractivity contribution in [2.75, 3.05) is 13.2 Å². The van der Waals surface area contributed by atoms with Crippen LogP contribution in [-0.2, 0) is 4.74 Å². The third-order valence-corrected chi connectivity index (χ3v) is 2.88. The topological polar surface area (TPSA) is 92.8 Å². The van der Waals surface area contributed by atoms with Gasteiger partial charge in [-0.2, -0.15) is 0 Å². The van der Waals surface area contributed by atoms with Crippen LogP contribution in [-0.4, -0.2) is 34.5 Å². The van der Waals surface area contributed by atoms with Gasteiger partial charge in [0.2, 0.25) is 0 Å². The summed E-state index contributed by atoms with van der Waals surface area (Å²) in [5, 5.41) is 29.6. The van der Waals surface area contributed by atoms with Gasteiger partial charge in [-0.1, -0.05) is 6.08 Å². The smallest absolute Gasteiger partial charge is 0.269 e. The van der Waals surface area contributed by atoms with E-state index < -0.39 is 11.0 Å². The van der Waals surface area contributed by atoms with E-state index in [1.54, 1.807) is 6.08 Å². The number of rotatable bonds is 9. The summed E-state index contributed by atoms with van der Waals surface area (Å²) in [6, 6.07) is 5.74. The maximum Gasteiger partial charge on any atom is 0.269 e. The third kappa shape index (κ3) is 5.08. The lowest BCUT2D eigenvalue weighted by molar-refractivity contribution is -0.384. The highest BCUT2D eigenvalue weighted by atomic mass is 16.6. The van der Waals surface area contributed by atoms with Gasteiger partial charge in [0.15, 0.2) is 0 Å². The molecule has 0 bridgehead atoms. The average Bonchev–Trinajstić information content (AvgIpc) is 2.45. The van der Waals surface area contributed by atoms with E-state index in [1.165, 1.54) is 24.3 Å². The van der Waals surface area contributed by atoms with Crippen molar-refractivity contribution in [3.8, 4) is 0 Å². The van der Waals surface area contributed by atoms with Gasteiger partial charge in [0.05, 0.1) is 23.7 Å². The fourth-order valence-corrected chi connectivity index (χ4v) is 1.82. The minimum Gasteiger partial charge on any atom is -0.396 e. The lowest BCUT2D eigenvalue weighted by Gasteiger charge is -2.19. The number of benzene rings is 1. The molecule has 2 atom stereocenters. The first-order chi connectivity index (χ1) is 9.58. The predicted octanol–water partition coefficient (Wildman–Crippen LogP) is 1.97. The third-order valence-electron chi connectivity index (χ3n) is 2.88. The number of nitrogens with zero attached hydrogens (tertiary/aromatic N) is 1. The maximum atomic E-state index is 10.5. The summed E-state index contributed by atoms with van der Waals surface area (Å²) in [4.78, 5) is 10.1. The Kier molecular flexibility index (Phi) is 6.86. The van der Waals surface area contributed by atoms with Crippen molar-refractivity contribution in [1.82, 2.24) is 0 Å². The maximum absolute atomic E-state index is 10.5. The van der Waals surface area contributed by atoms with E-state index in [4.69, 9.17) is 9.84 Å². The second kappa shape index (κ2) is 8.42. The molecule has 0 saturated heterocycles. The molecule has 1 rings (SSSR count). The quantitative estimate of drug-likeness (QED) is 0.410. The lowest BCUT2D eigenvalue weighted by Crippen LogP contribution is -2.18. The standard InChI is InChI=1S/C14H19NO5/c1-2-9-20-13(7-8-16)10-14(17)11-3-5-12(6-4-11)15(18)19/h2-6,13-14,16-17H,1,7-10H2. The molecular weight excluding hydrogens is 262 g/mol. The Bertz CT molecular complexity index is 432. The van der Waals surface area contributed by atoms with Crippen molar-refractivity contribution >= 4 is 5.69 Å². The summed E-state index contributed by atoms with van der Waals surface area (Å²) >= 11 is 0. The molecule has 20 heavy (non-hydrogen) atoms. The predicted molar refractivity (Wildman–Crippen MR) is 74.3 cm³/mol. The molecule has 0 radical (unpaired) electrons. The molecule has 2 N–H and O–H groups in total. The van der Waals surface area contributed by atoms with E-state index in [1.807, 2.05) is 0 Å². The Morgan fingerprint density at radius 2 is 2.05 bits per heavy atom. The molecule has 6 heteroatoms. The van der Waals surface area contributed by atoms with Gasteiger partial charge in [-0.3, -0.25) is 10.1 Å². The number of hydrogen-bond acceptors (Lipinski definition) is 5. The number of nitro groups is 1. The molecule has 110 valence electrons. The molecule has 0 aliphatic heterocycles. The van der Waals surface area contributed by atoms with Crippen molar-refractivity contribution < 1.29 is 19.9 Å². The monoisotopic (exact) mass is 281 g/mol. The van der Waals surface area contributed by atoms with Crippen molar-refractivity contribution in [3.63, 3.8) is 0 Å². The van der Waals surface area contributed by atoms with Crippen molar-refractivity contribution in [2.24, 2.45) is 0 Å². The Balaban J connectivity index is 2.64.